The Morgan fingerprint density at radius 3 is 1.67 bits per heavy atom. The van der Waals surface area contributed by atoms with E-state index in [0.717, 1.165) is 32.0 Å². The normalized spacial score (nSPS) is 18.9. The number of Topliss-reactive ketones (excluding diaryl/α,β-unsaturated/α-hetero) is 1. The smallest absolute Gasteiger partial charge is 0.212 e. The Kier molecular flexibility index (Phi) is 7.08. The minimum atomic E-state index is -1.06. The predicted molar refractivity (Wildman–Crippen MR) is 210 cm³/mol. The van der Waals surface area contributed by atoms with Gasteiger partial charge in [0.05, 0.1) is 5.71 Å². The van der Waals surface area contributed by atoms with Crippen LogP contribution in [0.3, 0.4) is 0 Å². The Balaban J connectivity index is 1.14. The van der Waals surface area contributed by atoms with Crippen molar-refractivity contribution in [1.82, 2.24) is 0 Å². The van der Waals surface area contributed by atoms with Crippen LogP contribution in [0.5, 0.6) is 0 Å². The van der Waals surface area contributed by atoms with Crippen LogP contribution in [0.15, 0.2) is 93.9 Å². The molecule has 4 aliphatic rings. The molecule has 0 fully saturated rings. The highest BCUT2D eigenvalue weighted by Crippen LogP contribution is 2.61. The van der Waals surface area contributed by atoms with Crippen LogP contribution in [0.4, 0.5) is 10.0 Å². The molecule has 0 saturated heterocycles. The van der Waals surface area contributed by atoms with Crippen LogP contribution in [0.1, 0.15) is 83.1 Å². The zero-order chi connectivity index (χ0) is 37.8. The average Bonchev–Trinajstić information content (AvgIpc) is 3.98. The quantitative estimate of drug-likeness (QED) is 0.178. The van der Waals surface area contributed by atoms with E-state index in [9.17, 15) is 30.9 Å². The van der Waals surface area contributed by atoms with Gasteiger partial charge in [-0.15, -0.1) is 22.7 Å². The van der Waals surface area contributed by atoms with E-state index in [1.54, 1.807) is 36.4 Å². The summed E-state index contributed by atoms with van der Waals surface area (Å²) >= 11 is 3.03. The highest BCUT2D eigenvalue weighted by atomic mass is 32.1. The number of fused-ring (bicyclic) bond motifs is 8. The maximum absolute atomic E-state index is 13.6. The molecule has 2 heterocycles. The van der Waals surface area contributed by atoms with E-state index in [2.05, 4.69) is 45.9 Å². The number of carbonyl (C=O) groups is 1. The van der Waals surface area contributed by atoms with Crippen molar-refractivity contribution in [1.29, 1.82) is 21.0 Å². The molecule has 0 saturated carbocycles. The molecule has 0 radical (unpaired) electrons. The van der Waals surface area contributed by atoms with E-state index in [4.69, 9.17) is 9.98 Å². The number of hydrogen-bond donors (Lipinski definition) is 1. The number of hydrogen-bond acceptors (Lipinski definition) is 10. The summed E-state index contributed by atoms with van der Waals surface area (Å²) in [6.45, 7) is 8.74. The first-order valence-corrected chi connectivity index (χ1v) is 18.7. The third-order valence-corrected chi connectivity index (χ3v) is 13.2. The summed E-state index contributed by atoms with van der Waals surface area (Å²) < 4.78 is 0. The fraction of sp³-hybridized carbons (Fsp3) is 0.159. The van der Waals surface area contributed by atoms with E-state index in [1.807, 2.05) is 42.5 Å². The lowest BCUT2D eigenvalue weighted by Gasteiger charge is -2.24. The Morgan fingerprint density at radius 1 is 0.630 bits per heavy atom. The number of allylic oxidation sites excluding steroid dienone is 3. The Hall–Kier alpha value is -6.53. The van der Waals surface area contributed by atoms with Gasteiger partial charge in [0.25, 0.3) is 0 Å². The van der Waals surface area contributed by atoms with Crippen molar-refractivity contribution in [2.75, 3.05) is 0 Å². The number of nitrogens with zero attached hydrogens (tertiary/aromatic N) is 6. The summed E-state index contributed by atoms with van der Waals surface area (Å²) in [4.78, 5) is 25.5. The summed E-state index contributed by atoms with van der Waals surface area (Å²) in [6.07, 6.45) is -1.06. The molecule has 1 unspecified atom stereocenters. The number of rotatable bonds is 2. The minimum Gasteiger partial charge on any atom is -0.382 e. The van der Waals surface area contributed by atoms with Crippen molar-refractivity contribution >= 4 is 61.0 Å². The highest BCUT2D eigenvalue weighted by molar-refractivity contribution is 7.20. The fourth-order valence-corrected chi connectivity index (χ4v) is 10.8. The highest BCUT2D eigenvalue weighted by Gasteiger charge is 2.44. The molecule has 54 heavy (non-hydrogen) atoms. The molecule has 2 aromatic heterocycles. The van der Waals surface area contributed by atoms with Crippen LogP contribution in [-0.2, 0) is 10.8 Å². The second-order valence-corrected chi connectivity index (χ2v) is 16.7. The zero-order valence-electron chi connectivity index (χ0n) is 29.4. The molecule has 1 atom stereocenters. The second-order valence-electron chi connectivity index (χ2n) is 14.6. The van der Waals surface area contributed by atoms with Crippen molar-refractivity contribution in [3.8, 4) is 45.2 Å². The van der Waals surface area contributed by atoms with Crippen molar-refractivity contribution in [2.24, 2.45) is 9.98 Å². The number of nitriles is 4. The van der Waals surface area contributed by atoms with Crippen molar-refractivity contribution in [2.45, 2.75) is 44.6 Å². The van der Waals surface area contributed by atoms with Crippen molar-refractivity contribution < 1.29 is 9.90 Å². The molecule has 4 aliphatic carbocycles. The Morgan fingerprint density at radius 2 is 1.11 bits per heavy atom. The van der Waals surface area contributed by atoms with Crippen LogP contribution in [0.2, 0.25) is 0 Å². The largest absolute Gasteiger partial charge is 0.382 e. The first-order chi connectivity index (χ1) is 25.9. The molecule has 9 rings (SSSR count). The number of thiophene rings is 2. The van der Waals surface area contributed by atoms with Gasteiger partial charge in [-0.25, -0.2) is 9.98 Å². The Labute approximate surface area is 318 Å². The van der Waals surface area contributed by atoms with Gasteiger partial charge in [-0.3, -0.25) is 4.79 Å². The second kappa shape index (κ2) is 11.5. The van der Waals surface area contributed by atoms with E-state index in [0.29, 0.717) is 43.5 Å². The van der Waals surface area contributed by atoms with Gasteiger partial charge in [0, 0.05) is 37.3 Å². The summed E-state index contributed by atoms with van der Waals surface area (Å²) in [7, 11) is 0. The lowest BCUT2D eigenvalue weighted by atomic mass is 9.79. The number of aliphatic imine (C=N–C) groups is 2. The SMILES string of the molecule is CC1(C)c2cc3c(cc2-c2sc(N=C4C(=O)c5ccccc5C4=C(C#N)C#N)cc21)C(C)(C)c1cc(N=C2C(=C(C#N)C#N)c4ccccc4C2O)sc1-3. The average molecular weight is 735 g/mol. The molecule has 1 N–H and O–H groups in total. The first-order valence-electron chi connectivity index (χ1n) is 17.1. The molecule has 0 bridgehead atoms. The third-order valence-electron chi connectivity index (χ3n) is 11.1. The third kappa shape index (κ3) is 4.37. The standard InChI is InChI=1S/C44H26N6O2S2/c1-43(2)29-13-28-30(14-27(29)41-31(43)15-33(53-41)49-37-35(21(17-45)18-46)23-9-5-7-11-25(23)39(37)51)44(3,4)32-16-34(54-42(28)32)50-38-36(22(19-47)20-48)24-10-6-8-12-26(24)40(38)52/h5-16,39,51H,1-4H3. The molecule has 8 nitrogen and oxygen atoms in total. The zero-order valence-corrected chi connectivity index (χ0v) is 31.0. The molecule has 3 aromatic carbocycles. The molecule has 5 aromatic rings. The van der Waals surface area contributed by atoms with Gasteiger partial charge < -0.3 is 5.11 Å². The molecule has 0 aliphatic heterocycles. The molecule has 256 valence electrons. The lowest BCUT2D eigenvalue weighted by Crippen LogP contribution is -2.16. The van der Waals surface area contributed by atoms with Crippen LogP contribution >= 0.6 is 22.7 Å². The van der Waals surface area contributed by atoms with Crippen molar-refractivity contribution in [3.63, 3.8) is 0 Å². The predicted octanol–water partition coefficient (Wildman–Crippen LogP) is 9.81. The molecule has 10 heteroatoms. The Bertz CT molecular complexity index is 2890. The van der Waals surface area contributed by atoms with Gasteiger partial charge in [0.2, 0.25) is 5.78 Å². The molecular weight excluding hydrogens is 709 g/mol. The topological polar surface area (TPSA) is 157 Å². The van der Waals surface area contributed by atoms with Gasteiger partial charge in [-0.1, -0.05) is 76.2 Å². The van der Waals surface area contributed by atoms with Gasteiger partial charge in [0.15, 0.2) is 0 Å². The van der Waals surface area contributed by atoms with Gasteiger partial charge in [0.1, 0.15) is 57.2 Å². The number of benzene rings is 3. The van der Waals surface area contributed by atoms with Gasteiger partial charge in [-0.2, -0.15) is 21.0 Å². The molecule has 0 amide bonds. The van der Waals surface area contributed by atoms with Gasteiger partial charge in [-0.05, 0) is 74.3 Å². The summed E-state index contributed by atoms with van der Waals surface area (Å²) in [5, 5.41) is 51.8. The maximum Gasteiger partial charge on any atom is 0.212 e. The van der Waals surface area contributed by atoms with E-state index >= 15 is 0 Å². The molecular formula is C44H26N6O2S2. The van der Waals surface area contributed by atoms with Crippen LogP contribution in [0, 0.1) is 45.3 Å². The van der Waals surface area contributed by atoms with Crippen LogP contribution in [-0.4, -0.2) is 22.3 Å². The van der Waals surface area contributed by atoms with Crippen molar-refractivity contribution in [3.05, 3.63) is 128 Å². The lowest BCUT2D eigenvalue weighted by molar-refractivity contribution is 0.107. The number of ketones is 1. The van der Waals surface area contributed by atoms with E-state index < -0.39 is 11.5 Å². The first kappa shape index (κ1) is 33.3. The number of carbonyl (C=O) groups excluding carboxylic acids is 1. The molecule has 0 spiro atoms. The minimum absolute atomic E-state index is 0.0849. The monoisotopic (exact) mass is 734 g/mol. The number of aliphatic hydroxyl groups excluding tert-OH is 1. The fourth-order valence-electron chi connectivity index (χ4n) is 8.39. The van der Waals surface area contributed by atoms with E-state index in [-0.39, 0.29) is 33.6 Å². The van der Waals surface area contributed by atoms with E-state index in [1.165, 1.54) is 33.8 Å². The van der Waals surface area contributed by atoms with Crippen LogP contribution < -0.4 is 0 Å². The van der Waals surface area contributed by atoms with Gasteiger partial charge >= 0.3 is 0 Å². The number of aliphatic hydroxyl groups is 1. The van der Waals surface area contributed by atoms with Crippen LogP contribution in [0.25, 0.3) is 32.0 Å². The summed E-state index contributed by atoms with van der Waals surface area (Å²) in [6, 6.07) is 30.8. The summed E-state index contributed by atoms with van der Waals surface area (Å²) in [5.41, 5.74) is 9.09. The summed E-state index contributed by atoms with van der Waals surface area (Å²) in [5.74, 6) is -0.304. The maximum atomic E-state index is 13.6.